The summed E-state index contributed by atoms with van der Waals surface area (Å²) in [4.78, 5) is 30.1. The number of nitrogens with two attached hydrogens (primary N) is 1. The van der Waals surface area contributed by atoms with E-state index in [1.165, 1.54) is 0 Å². The lowest BCUT2D eigenvalue weighted by Crippen LogP contribution is -2.41. The first-order chi connectivity index (χ1) is 15.1. The van der Waals surface area contributed by atoms with Crippen molar-refractivity contribution in [3.05, 3.63) is 52.9 Å². The van der Waals surface area contributed by atoms with Crippen molar-refractivity contribution in [1.82, 2.24) is 9.88 Å². The molecule has 7 nitrogen and oxygen atoms in total. The molecule has 2 N–H and O–H groups in total. The standard InChI is InChI=1S/C24H26ClN3O4/c1-24(2,3)32-23(30)28-10-8-14(9-11-28)22-27-19-13-16(5-7-20(19)31-22)15-4-6-17(21(26)29)18(25)12-15/h4-7,12-14H,8-11H2,1-3H3,(H2,26,29). The van der Waals surface area contributed by atoms with Gasteiger partial charge in [0.05, 0.1) is 10.6 Å². The van der Waals surface area contributed by atoms with E-state index in [9.17, 15) is 9.59 Å². The molecule has 2 amide bonds. The van der Waals surface area contributed by atoms with E-state index in [1.54, 1.807) is 23.1 Å². The SMILES string of the molecule is CC(C)(C)OC(=O)N1CCC(c2nc3cc(-c4ccc(C(N)=O)c(Cl)c4)ccc3o2)CC1. The van der Waals surface area contributed by atoms with Crippen LogP contribution < -0.4 is 5.73 Å². The van der Waals surface area contributed by atoms with Gasteiger partial charge in [-0.1, -0.05) is 23.7 Å². The maximum absolute atomic E-state index is 12.3. The van der Waals surface area contributed by atoms with E-state index >= 15 is 0 Å². The van der Waals surface area contributed by atoms with Gasteiger partial charge in [-0.15, -0.1) is 0 Å². The average Bonchev–Trinajstić information content (AvgIpc) is 3.15. The molecule has 168 valence electrons. The normalized spacial score (nSPS) is 15.2. The third-order valence-corrected chi connectivity index (χ3v) is 5.78. The second-order valence-corrected chi connectivity index (χ2v) is 9.44. The Kier molecular flexibility index (Phi) is 5.86. The summed E-state index contributed by atoms with van der Waals surface area (Å²) in [5.41, 5.74) is 8.34. The summed E-state index contributed by atoms with van der Waals surface area (Å²) in [5.74, 6) is 0.271. The summed E-state index contributed by atoms with van der Waals surface area (Å²) >= 11 is 6.20. The fraction of sp³-hybridized carbons (Fsp3) is 0.375. The first-order valence-corrected chi connectivity index (χ1v) is 11.0. The molecule has 0 saturated carbocycles. The molecule has 0 radical (unpaired) electrons. The number of nitrogens with zero attached hydrogens (tertiary/aromatic N) is 2. The highest BCUT2D eigenvalue weighted by molar-refractivity contribution is 6.34. The number of primary amides is 1. The van der Waals surface area contributed by atoms with Gasteiger partial charge in [0.15, 0.2) is 11.5 Å². The van der Waals surface area contributed by atoms with E-state index in [4.69, 9.17) is 31.5 Å². The van der Waals surface area contributed by atoms with Crippen LogP contribution in [0.1, 0.15) is 55.8 Å². The Morgan fingerprint density at radius 2 is 1.78 bits per heavy atom. The predicted octanol–water partition coefficient (Wildman–Crippen LogP) is 5.36. The number of carbonyl (C=O) groups is 2. The number of fused-ring (bicyclic) bond motifs is 1. The van der Waals surface area contributed by atoms with Gasteiger partial charge in [0.25, 0.3) is 0 Å². The average molecular weight is 456 g/mol. The van der Waals surface area contributed by atoms with Crippen molar-refractivity contribution < 1.29 is 18.7 Å². The van der Waals surface area contributed by atoms with Gasteiger partial charge in [-0.05, 0) is 69.0 Å². The lowest BCUT2D eigenvalue weighted by atomic mass is 9.97. The smallest absolute Gasteiger partial charge is 0.410 e. The largest absolute Gasteiger partial charge is 0.444 e. The summed E-state index contributed by atoms with van der Waals surface area (Å²) < 4.78 is 11.5. The zero-order valence-corrected chi connectivity index (χ0v) is 19.1. The number of hydrogen-bond acceptors (Lipinski definition) is 5. The third-order valence-electron chi connectivity index (χ3n) is 5.47. The van der Waals surface area contributed by atoms with Crippen molar-refractivity contribution in [2.75, 3.05) is 13.1 Å². The van der Waals surface area contributed by atoms with Crippen molar-refractivity contribution in [3.8, 4) is 11.1 Å². The Morgan fingerprint density at radius 1 is 1.12 bits per heavy atom. The van der Waals surface area contributed by atoms with Crippen LogP contribution in [0.15, 0.2) is 40.8 Å². The number of halogens is 1. The van der Waals surface area contributed by atoms with Crippen molar-refractivity contribution in [2.24, 2.45) is 5.73 Å². The van der Waals surface area contributed by atoms with Gasteiger partial charge in [-0.2, -0.15) is 0 Å². The summed E-state index contributed by atoms with van der Waals surface area (Å²) in [5, 5.41) is 0.313. The summed E-state index contributed by atoms with van der Waals surface area (Å²) in [6.45, 7) is 6.81. The first-order valence-electron chi connectivity index (χ1n) is 10.6. The fourth-order valence-electron chi connectivity index (χ4n) is 3.83. The second kappa shape index (κ2) is 8.47. The summed E-state index contributed by atoms with van der Waals surface area (Å²) in [6.07, 6.45) is 1.26. The van der Waals surface area contributed by atoms with Crippen LogP contribution in [0.2, 0.25) is 5.02 Å². The maximum atomic E-state index is 12.3. The number of likely N-dealkylation sites (tertiary alicyclic amines) is 1. The monoisotopic (exact) mass is 455 g/mol. The fourth-order valence-corrected chi connectivity index (χ4v) is 4.10. The van der Waals surface area contributed by atoms with Gasteiger partial charge < -0.3 is 19.8 Å². The van der Waals surface area contributed by atoms with E-state index < -0.39 is 11.5 Å². The first kappa shape index (κ1) is 22.1. The molecule has 0 unspecified atom stereocenters. The highest BCUT2D eigenvalue weighted by atomic mass is 35.5. The molecule has 2 heterocycles. The second-order valence-electron chi connectivity index (χ2n) is 9.04. The molecule has 1 aliphatic rings. The molecular weight excluding hydrogens is 430 g/mol. The number of piperidine rings is 1. The zero-order chi connectivity index (χ0) is 23.0. The molecule has 1 saturated heterocycles. The van der Waals surface area contributed by atoms with Crippen LogP contribution in [0.25, 0.3) is 22.2 Å². The Labute approximate surface area is 191 Å². The van der Waals surface area contributed by atoms with Crippen molar-refractivity contribution in [3.63, 3.8) is 0 Å². The van der Waals surface area contributed by atoms with Gasteiger partial charge in [0.1, 0.15) is 11.1 Å². The Hall–Kier alpha value is -3.06. The molecule has 3 aromatic rings. The van der Waals surface area contributed by atoms with Crippen LogP contribution in [0.4, 0.5) is 4.79 Å². The van der Waals surface area contributed by atoms with Crippen LogP contribution in [0.3, 0.4) is 0 Å². The summed E-state index contributed by atoms with van der Waals surface area (Å²) in [6, 6.07) is 10.9. The Bertz CT molecular complexity index is 1170. The van der Waals surface area contributed by atoms with E-state index in [-0.39, 0.29) is 17.6 Å². The molecule has 0 bridgehead atoms. The molecular formula is C24H26ClN3O4. The minimum absolute atomic E-state index is 0.147. The lowest BCUT2D eigenvalue weighted by molar-refractivity contribution is 0.0199. The Balaban J connectivity index is 1.49. The molecule has 8 heteroatoms. The molecule has 1 aromatic heterocycles. The van der Waals surface area contributed by atoms with Crippen LogP contribution in [-0.2, 0) is 4.74 Å². The Morgan fingerprint density at radius 3 is 2.41 bits per heavy atom. The third kappa shape index (κ3) is 4.72. The number of rotatable bonds is 3. The van der Waals surface area contributed by atoms with Crippen LogP contribution >= 0.6 is 11.6 Å². The summed E-state index contributed by atoms with van der Waals surface area (Å²) in [7, 11) is 0. The highest BCUT2D eigenvalue weighted by Crippen LogP contribution is 2.33. The topological polar surface area (TPSA) is 98.7 Å². The number of oxazole rings is 1. The minimum atomic E-state index is -0.559. The molecule has 2 aromatic carbocycles. The van der Waals surface area contributed by atoms with Crippen molar-refractivity contribution in [2.45, 2.75) is 45.1 Å². The maximum Gasteiger partial charge on any atom is 0.410 e. The van der Waals surface area contributed by atoms with Gasteiger partial charge in [-0.25, -0.2) is 9.78 Å². The van der Waals surface area contributed by atoms with Crippen molar-refractivity contribution >= 4 is 34.7 Å². The van der Waals surface area contributed by atoms with Gasteiger partial charge in [0.2, 0.25) is 5.91 Å². The molecule has 32 heavy (non-hydrogen) atoms. The lowest BCUT2D eigenvalue weighted by Gasteiger charge is -2.32. The number of amides is 2. The van der Waals surface area contributed by atoms with Gasteiger partial charge in [0, 0.05) is 19.0 Å². The van der Waals surface area contributed by atoms with E-state index in [1.807, 2.05) is 39.0 Å². The van der Waals surface area contributed by atoms with Gasteiger partial charge >= 0.3 is 6.09 Å². The number of benzene rings is 2. The van der Waals surface area contributed by atoms with Crippen LogP contribution in [-0.4, -0.2) is 40.6 Å². The number of ether oxygens (including phenoxy) is 1. The number of carbonyl (C=O) groups excluding carboxylic acids is 2. The number of hydrogen-bond donors (Lipinski definition) is 1. The highest BCUT2D eigenvalue weighted by Gasteiger charge is 2.29. The van der Waals surface area contributed by atoms with E-state index in [0.717, 1.165) is 29.5 Å². The molecule has 0 spiro atoms. The van der Waals surface area contributed by atoms with Crippen LogP contribution in [0.5, 0.6) is 0 Å². The number of aromatic nitrogens is 1. The molecule has 1 fully saturated rings. The molecule has 0 aliphatic carbocycles. The van der Waals surface area contributed by atoms with Gasteiger partial charge in [-0.3, -0.25) is 4.79 Å². The molecule has 1 aliphatic heterocycles. The predicted molar refractivity (Wildman–Crippen MR) is 123 cm³/mol. The van der Waals surface area contributed by atoms with E-state index in [0.29, 0.717) is 29.6 Å². The molecule has 0 atom stereocenters. The molecule has 4 rings (SSSR count). The quantitative estimate of drug-likeness (QED) is 0.573. The van der Waals surface area contributed by atoms with Crippen LogP contribution in [0, 0.1) is 0 Å². The van der Waals surface area contributed by atoms with Crippen molar-refractivity contribution in [1.29, 1.82) is 0 Å². The zero-order valence-electron chi connectivity index (χ0n) is 18.4. The minimum Gasteiger partial charge on any atom is -0.444 e. The van der Waals surface area contributed by atoms with E-state index in [2.05, 4.69) is 0 Å².